The molecule has 0 atom stereocenters. The molecule has 0 fully saturated rings. The summed E-state index contributed by atoms with van der Waals surface area (Å²) in [4.78, 5) is 7.92. The van der Waals surface area contributed by atoms with Crippen LogP contribution in [-0.4, -0.2) is 29.2 Å². The van der Waals surface area contributed by atoms with Crippen molar-refractivity contribution in [2.24, 2.45) is 0 Å². The van der Waals surface area contributed by atoms with Crippen LogP contribution in [-0.2, 0) is 23.0 Å². The van der Waals surface area contributed by atoms with Gasteiger partial charge in [0.25, 0.3) is 0 Å². The summed E-state index contributed by atoms with van der Waals surface area (Å²) in [5, 5.41) is 4.20. The predicted octanol–water partition coefficient (Wildman–Crippen LogP) is 4.54. The average molecular weight is 470 g/mol. The second kappa shape index (κ2) is 8.13. The molecule has 1 aliphatic rings. The number of anilines is 2. The summed E-state index contributed by atoms with van der Waals surface area (Å²) < 4.78 is 68.0. The van der Waals surface area contributed by atoms with E-state index >= 15 is 0 Å². The standard InChI is InChI=1S/C23H17F3N4O2S/c24-18-5-6-20(22(26)21(18)25)33(31,32)30-10-8-17-15(13-30)7-9-27-23(17)29-16-11-14-3-1-2-4-19(14)28-12-16/h1-7,9,11-12H,8,10,13H2,(H,27,29). The number of fused-ring (bicyclic) bond motifs is 2. The average Bonchev–Trinajstić information content (AvgIpc) is 2.82. The summed E-state index contributed by atoms with van der Waals surface area (Å²) in [7, 11) is -4.37. The zero-order chi connectivity index (χ0) is 23.2. The lowest BCUT2D eigenvalue weighted by Gasteiger charge is -2.29. The van der Waals surface area contributed by atoms with E-state index in [-0.39, 0.29) is 13.1 Å². The Balaban J connectivity index is 1.43. The summed E-state index contributed by atoms with van der Waals surface area (Å²) in [6.07, 6.45) is 3.54. The molecule has 33 heavy (non-hydrogen) atoms. The van der Waals surface area contributed by atoms with Gasteiger partial charge in [0.15, 0.2) is 17.5 Å². The van der Waals surface area contributed by atoms with Crippen LogP contribution in [0.1, 0.15) is 11.1 Å². The van der Waals surface area contributed by atoms with Crippen LogP contribution in [0, 0.1) is 17.5 Å². The van der Waals surface area contributed by atoms with E-state index in [4.69, 9.17) is 0 Å². The van der Waals surface area contributed by atoms with Crippen molar-refractivity contribution in [1.29, 1.82) is 0 Å². The Hall–Kier alpha value is -3.50. The van der Waals surface area contributed by atoms with Crippen molar-refractivity contribution in [3.05, 3.63) is 89.5 Å². The van der Waals surface area contributed by atoms with Crippen LogP contribution in [0.4, 0.5) is 24.7 Å². The predicted molar refractivity (Wildman–Crippen MR) is 117 cm³/mol. The van der Waals surface area contributed by atoms with Gasteiger partial charge in [-0.3, -0.25) is 4.98 Å². The molecule has 0 bridgehead atoms. The molecule has 0 saturated heterocycles. The fourth-order valence-electron chi connectivity index (χ4n) is 3.90. The van der Waals surface area contributed by atoms with Crippen LogP contribution in [0.15, 0.2) is 65.8 Å². The monoisotopic (exact) mass is 470 g/mol. The topological polar surface area (TPSA) is 75.2 Å². The van der Waals surface area contributed by atoms with Crippen molar-refractivity contribution >= 4 is 32.4 Å². The lowest BCUT2D eigenvalue weighted by molar-refractivity contribution is 0.382. The Morgan fingerprint density at radius 3 is 2.64 bits per heavy atom. The smallest absolute Gasteiger partial charge is 0.246 e. The molecule has 1 aliphatic heterocycles. The van der Waals surface area contributed by atoms with Gasteiger partial charge in [-0.15, -0.1) is 0 Å². The molecule has 1 N–H and O–H groups in total. The molecule has 10 heteroatoms. The van der Waals surface area contributed by atoms with Crippen LogP contribution in [0.5, 0.6) is 0 Å². The number of benzene rings is 2. The van der Waals surface area contributed by atoms with Gasteiger partial charge in [-0.25, -0.2) is 26.6 Å². The molecule has 168 valence electrons. The number of rotatable bonds is 4. The van der Waals surface area contributed by atoms with E-state index in [2.05, 4.69) is 15.3 Å². The highest BCUT2D eigenvalue weighted by Crippen LogP contribution is 2.31. The van der Waals surface area contributed by atoms with Crippen LogP contribution < -0.4 is 5.32 Å². The molecule has 0 spiro atoms. The number of aromatic nitrogens is 2. The first kappa shape index (κ1) is 21.4. The van der Waals surface area contributed by atoms with Gasteiger partial charge in [0.1, 0.15) is 10.7 Å². The minimum absolute atomic E-state index is 0.0319. The molecule has 2 aromatic carbocycles. The van der Waals surface area contributed by atoms with Crippen molar-refractivity contribution in [2.75, 3.05) is 11.9 Å². The second-order valence-electron chi connectivity index (χ2n) is 7.60. The third-order valence-corrected chi connectivity index (χ3v) is 7.44. The van der Waals surface area contributed by atoms with Gasteiger partial charge in [-0.1, -0.05) is 18.2 Å². The molecule has 0 saturated carbocycles. The van der Waals surface area contributed by atoms with E-state index < -0.39 is 32.4 Å². The minimum atomic E-state index is -4.37. The maximum absolute atomic E-state index is 14.2. The van der Waals surface area contributed by atoms with Gasteiger partial charge in [-0.05, 0) is 42.3 Å². The molecular formula is C23H17F3N4O2S. The Bertz CT molecular complexity index is 1490. The van der Waals surface area contributed by atoms with Gasteiger partial charge in [0.2, 0.25) is 10.0 Å². The molecular weight excluding hydrogens is 453 g/mol. The SMILES string of the molecule is O=S(=O)(c1ccc(F)c(F)c1F)N1CCc2c(ccnc2Nc2cnc3ccccc3c2)C1. The summed E-state index contributed by atoms with van der Waals surface area (Å²) in [5.41, 5.74) is 3.09. The molecule has 3 heterocycles. The molecule has 6 nitrogen and oxygen atoms in total. The van der Waals surface area contributed by atoms with Gasteiger partial charge < -0.3 is 5.32 Å². The fraction of sp³-hybridized carbons (Fsp3) is 0.130. The first-order chi connectivity index (χ1) is 15.8. The van der Waals surface area contributed by atoms with E-state index in [9.17, 15) is 21.6 Å². The van der Waals surface area contributed by atoms with E-state index in [1.807, 2.05) is 30.3 Å². The van der Waals surface area contributed by atoms with Gasteiger partial charge in [0, 0.05) is 30.2 Å². The quantitative estimate of drug-likeness (QED) is 0.444. The van der Waals surface area contributed by atoms with E-state index in [0.29, 0.717) is 23.9 Å². The molecule has 0 unspecified atom stereocenters. The van der Waals surface area contributed by atoms with Crippen molar-refractivity contribution in [1.82, 2.24) is 14.3 Å². The third-order valence-electron chi connectivity index (χ3n) is 5.58. The zero-order valence-electron chi connectivity index (χ0n) is 17.1. The first-order valence-electron chi connectivity index (χ1n) is 10.1. The number of pyridine rings is 2. The fourth-order valence-corrected chi connectivity index (χ4v) is 5.38. The van der Waals surface area contributed by atoms with E-state index in [0.717, 1.165) is 32.5 Å². The Morgan fingerprint density at radius 1 is 0.970 bits per heavy atom. The van der Waals surface area contributed by atoms with Gasteiger partial charge in [-0.2, -0.15) is 4.31 Å². The van der Waals surface area contributed by atoms with Crippen LogP contribution in [0.2, 0.25) is 0 Å². The van der Waals surface area contributed by atoms with Crippen LogP contribution >= 0.6 is 0 Å². The summed E-state index contributed by atoms with van der Waals surface area (Å²) in [6.45, 7) is -0.0205. The Kier molecular flexibility index (Phi) is 5.26. The number of hydrogen-bond acceptors (Lipinski definition) is 5. The highest BCUT2D eigenvalue weighted by Gasteiger charge is 2.33. The Labute approximate surface area is 187 Å². The first-order valence-corrected chi connectivity index (χ1v) is 11.5. The van der Waals surface area contributed by atoms with Gasteiger partial charge >= 0.3 is 0 Å². The van der Waals surface area contributed by atoms with E-state index in [1.165, 1.54) is 0 Å². The summed E-state index contributed by atoms with van der Waals surface area (Å²) >= 11 is 0. The van der Waals surface area contributed by atoms with Crippen LogP contribution in [0.3, 0.4) is 0 Å². The molecule has 0 radical (unpaired) electrons. The summed E-state index contributed by atoms with van der Waals surface area (Å²) in [6, 6.07) is 12.6. The molecule has 2 aromatic heterocycles. The number of nitrogens with zero attached hydrogens (tertiary/aromatic N) is 3. The zero-order valence-corrected chi connectivity index (χ0v) is 17.9. The lowest BCUT2D eigenvalue weighted by atomic mass is 10.0. The largest absolute Gasteiger partial charge is 0.339 e. The number of hydrogen-bond donors (Lipinski definition) is 1. The number of nitrogens with one attached hydrogen (secondary N) is 1. The highest BCUT2D eigenvalue weighted by atomic mass is 32.2. The maximum Gasteiger partial charge on any atom is 0.246 e. The highest BCUT2D eigenvalue weighted by molar-refractivity contribution is 7.89. The minimum Gasteiger partial charge on any atom is -0.339 e. The number of sulfonamides is 1. The second-order valence-corrected chi connectivity index (χ2v) is 9.51. The number of para-hydroxylation sites is 1. The van der Waals surface area contributed by atoms with Crippen LogP contribution in [0.25, 0.3) is 10.9 Å². The third kappa shape index (κ3) is 3.81. The molecule has 0 amide bonds. The van der Waals surface area contributed by atoms with Crippen molar-refractivity contribution < 1.29 is 21.6 Å². The molecule has 4 aromatic rings. The van der Waals surface area contributed by atoms with Crippen molar-refractivity contribution in [3.63, 3.8) is 0 Å². The van der Waals surface area contributed by atoms with E-state index in [1.54, 1.807) is 18.5 Å². The lowest BCUT2D eigenvalue weighted by Crippen LogP contribution is -2.36. The normalized spacial score (nSPS) is 14.3. The van der Waals surface area contributed by atoms with Crippen molar-refractivity contribution in [2.45, 2.75) is 17.9 Å². The number of halogens is 3. The Morgan fingerprint density at radius 2 is 1.79 bits per heavy atom. The molecule has 5 rings (SSSR count). The van der Waals surface area contributed by atoms with Crippen molar-refractivity contribution in [3.8, 4) is 0 Å². The van der Waals surface area contributed by atoms with Gasteiger partial charge in [0.05, 0.1) is 17.4 Å². The molecule has 0 aliphatic carbocycles. The summed E-state index contributed by atoms with van der Waals surface area (Å²) in [5.74, 6) is -4.41. The maximum atomic E-state index is 14.2.